The number of carbonyl (C=O) groups excluding carboxylic acids is 4. The molecule has 0 aliphatic carbocycles. The Kier molecular flexibility index (Phi) is 26.5. The second-order valence-corrected chi connectivity index (χ2v) is 21.5. The molecule has 6 rings (SSSR count). The molecule has 34 heteroatoms. The summed E-state index contributed by atoms with van der Waals surface area (Å²) in [7, 11) is 0. The molecule has 0 saturated carbocycles. The van der Waals surface area contributed by atoms with Crippen LogP contribution in [0.15, 0.2) is 0 Å². The molecule has 0 spiro atoms. The van der Waals surface area contributed by atoms with Gasteiger partial charge in [-0.25, -0.2) is 0 Å². The maximum atomic E-state index is 13.2. The standard InChI is InChI=1S/C50H87N5O29/c1-17-27(52-21(5)58)33(64)36(67)48(74-17)80-40-19(3)76-47(73-14-13-72-12-11-71-10-9-51)38(69)43(40)84-46-30(55-24(8)61)42(32(63)26(16-57)79-46)82-50-39(70)44(83-45-29(54-23(7)60)35(66)31(62)25(15-56)78-45)41(20(4)77-50)81-49-37(68)34(65)28(18(2)75-49)53-22(6)59/h17-20,25-50,56-57,62-70H,9-16,51H2,1-8H3,(H,52,58)(H,53,59)(H,54,60)(H,55,61)/t17-,18-,19-,20-,25-,26-,27+,28+,29-,30-,31-,32-,33+,34+,35-,36-,37-,38-,39-,40+,41+,42-,43-,44-,45+,46+,47+,48-,49-,50-/m1/s1. The van der Waals surface area contributed by atoms with E-state index in [2.05, 4.69) is 21.3 Å². The van der Waals surface area contributed by atoms with Crippen molar-refractivity contribution in [3.8, 4) is 0 Å². The van der Waals surface area contributed by atoms with Crippen LogP contribution in [0.1, 0.15) is 55.4 Å². The quantitative estimate of drug-likeness (QED) is 0.0378. The topological polar surface area (TPSA) is 494 Å². The Bertz CT molecular complexity index is 2080. The summed E-state index contributed by atoms with van der Waals surface area (Å²) >= 11 is 0. The number of rotatable bonds is 25. The van der Waals surface area contributed by atoms with Crippen LogP contribution in [0.25, 0.3) is 0 Å². The van der Waals surface area contributed by atoms with E-state index in [4.69, 9.17) is 72.0 Å². The van der Waals surface area contributed by atoms with Crippen molar-refractivity contribution in [1.29, 1.82) is 0 Å². The minimum atomic E-state index is -2.17. The summed E-state index contributed by atoms with van der Waals surface area (Å²) in [5.74, 6) is -2.63. The monoisotopic (exact) mass is 1220 g/mol. The highest BCUT2D eigenvalue weighted by molar-refractivity contribution is 5.74. The third kappa shape index (κ3) is 17.2. The van der Waals surface area contributed by atoms with Gasteiger partial charge in [-0.1, -0.05) is 0 Å². The Balaban J connectivity index is 1.33. The molecule has 6 aliphatic rings. The highest BCUT2D eigenvalue weighted by atomic mass is 16.8. The largest absolute Gasteiger partial charge is 0.394 e. The Morgan fingerprint density at radius 1 is 0.369 bits per heavy atom. The van der Waals surface area contributed by atoms with Gasteiger partial charge in [0.05, 0.1) is 82.7 Å². The van der Waals surface area contributed by atoms with Crippen LogP contribution in [0.3, 0.4) is 0 Å². The minimum Gasteiger partial charge on any atom is -0.394 e. The van der Waals surface area contributed by atoms with E-state index >= 15 is 0 Å². The van der Waals surface area contributed by atoms with Gasteiger partial charge in [-0.15, -0.1) is 0 Å². The molecule has 6 aliphatic heterocycles. The fourth-order valence-electron chi connectivity index (χ4n) is 10.8. The fraction of sp³-hybridized carbons (Fsp3) is 0.920. The van der Waals surface area contributed by atoms with E-state index in [1.54, 1.807) is 0 Å². The van der Waals surface area contributed by atoms with Crippen LogP contribution >= 0.6 is 0 Å². The van der Waals surface area contributed by atoms with Crippen molar-refractivity contribution in [3.63, 3.8) is 0 Å². The number of aliphatic hydroxyl groups excluding tert-OH is 11. The van der Waals surface area contributed by atoms with Crippen molar-refractivity contribution in [2.24, 2.45) is 5.73 Å². The van der Waals surface area contributed by atoms with E-state index in [0.29, 0.717) is 13.2 Å². The van der Waals surface area contributed by atoms with Gasteiger partial charge in [0.1, 0.15) is 110 Å². The SMILES string of the molecule is CC(=O)N[C@@H]1[C@H](O)[C@@H](O)[C@@H](O[C@@H]2[C@H](O[C@@H]3O[C@H](CO)[C@@H](O)[C@H](O)[C@H]3NC(C)=O)[C@@H](O)[C@@H](O[C@H]3[C@H](O)[C@@H](CO)O[C@@H](O[C@@H]4[C@@H](O)[C@@H](OCCOCCOCCN)O[C@H](C)[C@@H]4O[C@H]4O[C@H](C)[C@H](NC(C)=O)[C@H](O)[C@H]4O)[C@@H]3NC(C)=O)O[C@@H]2C)O[C@@H]1C. The molecule has 0 bridgehead atoms. The molecule has 6 saturated heterocycles. The molecule has 30 atom stereocenters. The first kappa shape index (κ1) is 69.9. The van der Waals surface area contributed by atoms with E-state index in [9.17, 15) is 75.3 Å². The lowest BCUT2D eigenvalue weighted by Gasteiger charge is -2.52. The summed E-state index contributed by atoms with van der Waals surface area (Å²) < 4.78 is 84.6. The van der Waals surface area contributed by atoms with Gasteiger partial charge in [-0.3, -0.25) is 19.2 Å². The van der Waals surface area contributed by atoms with Gasteiger partial charge in [-0.05, 0) is 27.7 Å². The number of nitrogens with two attached hydrogens (primary N) is 1. The van der Waals surface area contributed by atoms with Crippen molar-refractivity contribution in [2.45, 2.75) is 239 Å². The van der Waals surface area contributed by atoms with Crippen LogP contribution < -0.4 is 27.0 Å². The van der Waals surface area contributed by atoms with Gasteiger partial charge in [-0.2, -0.15) is 0 Å². The van der Waals surface area contributed by atoms with Crippen molar-refractivity contribution in [3.05, 3.63) is 0 Å². The molecule has 0 aromatic heterocycles. The normalized spacial score (nSPS) is 44.6. The molecule has 84 heavy (non-hydrogen) atoms. The zero-order chi connectivity index (χ0) is 62.0. The van der Waals surface area contributed by atoms with E-state index in [0.717, 1.165) is 13.8 Å². The van der Waals surface area contributed by atoms with Crippen LogP contribution in [0.4, 0.5) is 0 Å². The summed E-state index contributed by atoms with van der Waals surface area (Å²) in [5, 5.41) is 134. The van der Waals surface area contributed by atoms with Crippen LogP contribution in [0.5, 0.6) is 0 Å². The average Bonchev–Trinajstić information content (AvgIpc) is 1.95. The molecule has 17 N–H and O–H groups in total. The summed E-state index contributed by atoms with van der Waals surface area (Å²) in [4.78, 5) is 49.7. The Morgan fingerprint density at radius 2 is 0.714 bits per heavy atom. The summed E-state index contributed by atoms with van der Waals surface area (Å²) in [6, 6.07) is -5.54. The van der Waals surface area contributed by atoms with Crippen molar-refractivity contribution in [2.75, 3.05) is 52.8 Å². The first-order valence-electron chi connectivity index (χ1n) is 27.8. The number of amides is 4. The molecule has 0 unspecified atom stereocenters. The lowest BCUT2D eigenvalue weighted by atomic mass is 9.93. The average molecular weight is 1220 g/mol. The van der Waals surface area contributed by atoms with Gasteiger partial charge < -0.3 is 149 Å². The van der Waals surface area contributed by atoms with Crippen LogP contribution in [0, 0.1) is 0 Å². The van der Waals surface area contributed by atoms with Gasteiger partial charge in [0.15, 0.2) is 37.7 Å². The number of ether oxygens (including phenoxy) is 14. The van der Waals surface area contributed by atoms with E-state index in [1.165, 1.54) is 41.5 Å². The van der Waals surface area contributed by atoms with Gasteiger partial charge >= 0.3 is 0 Å². The highest BCUT2D eigenvalue weighted by Gasteiger charge is 2.58. The number of hydrogen-bond donors (Lipinski definition) is 16. The third-order valence-electron chi connectivity index (χ3n) is 15.0. The second kappa shape index (κ2) is 31.8. The molecule has 0 radical (unpaired) electrons. The summed E-state index contributed by atoms with van der Waals surface area (Å²) in [6.45, 7) is 9.34. The van der Waals surface area contributed by atoms with Gasteiger partial charge in [0.25, 0.3) is 0 Å². The minimum absolute atomic E-state index is 0.0134. The lowest BCUT2D eigenvalue weighted by molar-refractivity contribution is -0.392. The van der Waals surface area contributed by atoms with E-state index in [-0.39, 0.29) is 26.4 Å². The Hall–Kier alpha value is -3.16. The fourth-order valence-corrected chi connectivity index (χ4v) is 10.8. The first-order chi connectivity index (χ1) is 39.7. The van der Waals surface area contributed by atoms with Crippen LogP contribution in [-0.2, 0) is 85.5 Å². The van der Waals surface area contributed by atoms with E-state index < -0.39 is 221 Å². The predicted octanol–water partition coefficient (Wildman–Crippen LogP) is -9.40. The second-order valence-electron chi connectivity index (χ2n) is 21.5. The Labute approximate surface area is 483 Å². The van der Waals surface area contributed by atoms with E-state index in [1.807, 2.05) is 0 Å². The number of nitrogens with one attached hydrogen (secondary N) is 4. The maximum absolute atomic E-state index is 13.2. The molecule has 486 valence electrons. The highest BCUT2D eigenvalue weighted by Crippen LogP contribution is 2.38. The lowest BCUT2D eigenvalue weighted by Crippen LogP contribution is -2.71. The molecule has 34 nitrogen and oxygen atoms in total. The van der Waals surface area contributed by atoms with Crippen molar-refractivity contribution >= 4 is 23.6 Å². The molecular weight excluding hydrogens is 1130 g/mol. The predicted molar refractivity (Wildman–Crippen MR) is 274 cm³/mol. The third-order valence-corrected chi connectivity index (χ3v) is 15.0. The molecule has 6 fully saturated rings. The van der Waals surface area contributed by atoms with Gasteiger partial charge in [0.2, 0.25) is 23.6 Å². The number of aliphatic hydroxyl groups is 11. The zero-order valence-electron chi connectivity index (χ0n) is 47.8. The summed E-state index contributed by atoms with van der Waals surface area (Å²) in [5.41, 5.74) is 5.46. The van der Waals surface area contributed by atoms with Crippen LogP contribution in [0.2, 0.25) is 0 Å². The summed E-state index contributed by atoms with van der Waals surface area (Å²) in [6.07, 6.45) is -43.7. The molecular formula is C50H87N5O29. The van der Waals surface area contributed by atoms with Crippen molar-refractivity contribution in [1.82, 2.24) is 21.3 Å². The van der Waals surface area contributed by atoms with Crippen molar-refractivity contribution < 1.29 is 142 Å². The first-order valence-corrected chi connectivity index (χ1v) is 27.8. The smallest absolute Gasteiger partial charge is 0.217 e. The molecule has 0 aromatic rings. The maximum Gasteiger partial charge on any atom is 0.217 e. The molecule has 6 heterocycles. The Morgan fingerprint density at radius 3 is 1.18 bits per heavy atom. The number of hydrogen-bond acceptors (Lipinski definition) is 30. The van der Waals surface area contributed by atoms with Gasteiger partial charge in [0, 0.05) is 34.2 Å². The molecule has 4 amide bonds. The van der Waals surface area contributed by atoms with Crippen LogP contribution in [-0.4, -0.2) is 317 Å². The molecule has 0 aromatic carbocycles. The zero-order valence-corrected chi connectivity index (χ0v) is 47.8. The number of carbonyl (C=O) groups is 4.